The highest BCUT2D eigenvalue weighted by Gasteiger charge is 2.39. The van der Waals surface area contributed by atoms with Crippen LogP contribution >= 0.6 is 0 Å². The standard InChI is InChI=1S/C26H29NO3S2/c1-25(2,3)31(28)27-26(23-15-9-5-10-16-23,20-19-22-13-7-4-8-14-22)21-32(29,30)24-17-11-6-12-18-24/h4-20,27H,21H2,1-3H3/b20-19+/t26-,31+/m1/s1. The highest BCUT2D eigenvalue weighted by atomic mass is 32.2. The van der Waals surface area contributed by atoms with Gasteiger partial charge in [-0.1, -0.05) is 91.0 Å². The molecular formula is C26H29NO3S2. The Kier molecular flexibility index (Phi) is 7.49. The second kappa shape index (κ2) is 9.94. The van der Waals surface area contributed by atoms with Crippen LogP contribution in [0.3, 0.4) is 0 Å². The molecule has 6 heteroatoms. The first-order valence-electron chi connectivity index (χ1n) is 10.4. The lowest BCUT2D eigenvalue weighted by molar-refractivity contribution is 0.525. The molecule has 0 aliphatic rings. The molecule has 0 radical (unpaired) electrons. The number of hydrogen-bond donors (Lipinski definition) is 1. The van der Waals surface area contributed by atoms with Crippen molar-refractivity contribution in [3.63, 3.8) is 0 Å². The number of hydrogen-bond acceptors (Lipinski definition) is 3. The summed E-state index contributed by atoms with van der Waals surface area (Å²) in [5, 5.41) is 0. The van der Waals surface area contributed by atoms with E-state index >= 15 is 0 Å². The first kappa shape index (κ1) is 24.1. The maximum atomic E-state index is 13.5. The molecule has 1 N–H and O–H groups in total. The second-order valence-electron chi connectivity index (χ2n) is 8.64. The van der Waals surface area contributed by atoms with E-state index in [9.17, 15) is 12.6 Å². The van der Waals surface area contributed by atoms with Gasteiger partial charge in [0.05, 0.1) is 31.9 Å². The summed E-state index contributed by atoms with van der Waals surface area (Å²) in [7, 11) is -5.23. The predicted molar refractivity (Wildman–Crippen MR) is 133 cm³/mol. The number of benzene rings is 3. The molecule has 4 nitrogen and oxygen atoms in total. The molecule has 168 valence electrons. The zero-order valence-electron chi connectivity index (χ0n) is 18.6. The van der Waals surface area contributed by atoms with Gasteiger partial charge < -0.3 is 0 Å². The Hall–Kier alpha value is -2.54. The quantitative estimate of drug-likeness (QED) is 0.500. The van der Waals surface area contributed by atoms with Crippen molar-refractivity contribution in [3.05, 3.63) is 108 Å². The van der Waals surface area contributed by atoms with Crippen LogP contribution < -0.4 is 4.72 Å². The van der Waals surface area contributed by atoms with E-state index in [2.05, 4.69) is 4.72 Å². The number of rotatable bonds is 8. The monoisotopic (exact) mass is 467 g/mol. The van der Waals surface area contributed by atoms with Crippen LogP contribution in [-0.4, -0.2) is 23.1 Å². The molecule has 0 heterocycles. The van der Waals surface area contributed by atoms with Crippen LogP contribution in [0.25, 0.3) is 6.08 Å². The summed E-state index contributed by atoms with van der Waals surface area (Å²) in [6.07, 6.45) is 3.70. The fourth-order valence-corrected chi connectivity index (χ4v) is 5.88. The molecule has 0 fully saturated rings. The summed E-state index contributed by atoms with van der Waals surface area (Å²) in [5.41, 5.74) is 0.446. The molecule has 0 bridgehead atoms. The van der Waals surface area contributed by atoms with Gasteiger partial charge in [0.1, 0.15) is 0 Å². The van der Waals surface area contributed by atoms with Crippen LogP contribution in [0.2, 0.25) is 0 Å². The van der Waals surface area contributed by atoms with Crippen molar-refractivity contribution in [1.82, 2.24) is 4.72 Å². The van der Waals surface area contributed by atoms with Gasteiger partial charge >= 0.3 is 0 Å². The van der Waals surface area contributed by atoms with Gasteiger partial charge in [0.2, 0.25) is 0 Å². The first-order chi connectivity index (χ1) is 15.1. The minimum Gasteiger partial charge on any atom is -0.242 e. The fraction of sp³-hybridized carbons (Fsp3) is 0.231. The summed E-state index contributed by atoms with van der Waals surface area (Å²) < 4.78 is 42.8. The van der Waals surface area contributed by atoms with E-state index in [1.165, 1.54) is 0 Å². The van der Waals surface area contributed by atoms with E-state index in [-0.39, 0.29) is 10.6 Å². The van der Waals surface area contributed by atoms with Crippen molar-refractivity contribution in [1.29, 1.82) is 0 Å². The second-order valence-corrected chi connectivity index (χ2v) is 12.6. The topological polar surface area (TPSA) is 63.2 Å². The predicted octanol–water partition coefficient (Wildman–Crippen LogP) is 5.12. The largest absolute Gasteiger partial charge is 0.242 e. The summed E-state index contributed by atoms with van der Waals surface area (Å²) in [4.78, 5) is 0.233. The van der Waals surface area contributed by atoms with Gasteiger partial charge in [0, 0.05) is 0 Å². The zero-order valence-corrected chi connectivity index (χ0v) is 20.2. The molecule has 3 aromatic carbocycles. The Labute approximate surface area is 193 Å². The van der Waals surface area contributed by atoms with E-state index in [1.807, 2.05) is 93.6 Å². The van der Waals surface area contributed by atoms with E-state index < -0.39 is 31.1 Å². The minimum atomic E-state index is -3.71. The van der Waals surface area contributed by atoms with E-state index in [0.717, 1.165) is 11.1 Å². The third-order valence-electron chi connectivity index (χ3n) is 5.00. The SMILES string of the molecule is CC(C)(C)[S@](=O)N[C@](/C=C/c1ccccc1)(CS(=O)(=O)c1ccccc1)c1ccccc1. The average molecular weight is 468 g/mol. The van der Waals surface area contributed by atoms with Crippen LogP contribution in [0.5, 0.6) is 0 Å². The molecule has 0 spiro atoms. The van der Waals surface area contributed by atoms with E-state index in [1.54, 1.807) is 30.3 Å². The Bertz CT molecular complexity index is 1170. The van der Waals surface area contributed by atoms with Crippen molar-refractivity contribution in [2.24, 2.45) is 0 Å². The maximum absolute atomic E-state index is 13.5. The van der Waals surface area contributed by atoms with Crippen LogP contribution in [0, 0.1) is 0 Å². The van der Waals surface area contributed by atoms with Gasteiger partial charge in [-0.25, -0.2) is 17.3 Å². The molecule has 2 atom stereocenters. The first-order valence-corrected chi connectivity index (χ1v) is 13.2. The average Bonchev–Trinajstić information content (AvgIpc) is 2.78. The molecule has 0 aliphatic heterocycles. The summed E-state index contributed by atoms with van der Waals surface area (Å²) >= 11 is 0. The summed E-state index contributed by atoms with van der Waals surface area (Å²) in [5.74, 6) is -0.279. The molecule has 0 saturated carbocycles. The van der Waals surface area contributed by atoms with Crippen molar-refractivity contribution >= 4 is 26.9 Å². The molecule has 0 unspecified atom stereocenters. The van der Waals surface area contributed by atoms with Gasteiger partial charge in [-0.3, -0.25) is 0 Å². The van der Waals surface area contributed by atoms with Gasteiger partial charge in [-0.2, -0.15) is 0 Å². The maximum Gasteiger partial charge on any atom is 0.180 e. The third-order valence-corrected chi connectivity index (χ3v) is 8.49. The molecular weight excluding hydrogens is 438 g/mol. The Morgan fingerprint density at radius 1 is 0.812 bits per heavy atom. The third kappa shape index (κ3) is 6.03. The van der Waals surface area contributed by atoms with Crippen molar-refractivity contribution in [3.8, 4) is 0 Å². The molecule has 0 aromatic heterocycles. The van der Waals surface area contributed by atoms with Crippen molar-refractivity contribution in [2.75, 3.05) is 5.75 Å². The van der Waals surface area contributed by atoms with Gasteiger partial charge in [0.15, 0.2) is 9.84 Å². The Morgan fingerprint density at radius 3 is 1.84 bits per heavy atom. The van der Waals surface area contributed by atoms with Gasteiger partial charge in [0.25, 0.3) is 0 Å². The Morgan fingerprint density at radius 2 is 1.31 bits per heavy atom. The van der Waals surface area contributed by atoms with Crippen molar-refractivity contribution in [2.45, 2.75) is 36.0 Å². The van der Waals surface area contributed by atoms with Crippen LogP contribution in [-0.2, 0) is 26.4 Å². The molecule has 0 aliphatic carbocycles. The number of sulfone groups is 1. The van der Waals surface area contributed by atoms with Crippen LogP contribution in [0.1, 0.15) is 31.9 Å². The van der Waals surface area contributed by atoms with Crippen molar-refractivity contribution < 1.29 is 12.6 Å². The lowest BCUT2D eigenvalue weighted by Crippen LogP contribution is -2.50. The summed E-state index contributed by atoms with van der Waals surface area (Å²) in [6.45, 7) is 5.58. The van der Waals surface area contributed by atoms with E-state index in [0.29, 0.717) is 0 Å². The molecule has 3 rings (SSSR count). The molecule has 32 heavy (non-hydrogen) atoms. The number of nitrogens with one attached hydrogen (secondary N) is 1. The van der Waals surface area contributed by atoms with Crippen LogP contribution in [0.15, 0.2) is 102 Å². The minimum absolute atomic E-state index is 0.233. The highest BCUT2D eigenvalue weighted by molar-refractivity contribution is 7.91. The Balaban J connectivity index is 2.18. The lowest BCUT2D eigenvalue weighted by atomic mass is 9.92. The normalized spacial score (nSPS) is 15.3. The van der Waals surface area contributed by atoms with E-state index in [4.69, 9.17) is 0 Å². The smallest absolute Gasteiger partial charge is 0.180 e. The zero-order chi connectivity index (χ0) is 23.2. The van der Waals surface area contributed by atoms with Crippen LogP contribution in [0.4, 0.5) is 0 Å². The summed E-state index contributed by atoms with van der Waals surface area (Å²) in [6, 6.07) is 27.4. The molecule has 0 saturated heterocycles. The molecule has 0 amide bonds. The fourth-order valence-electron chi connectivity index (χ4n) is 3.22. The van der Waals surface area contributed by atoms with Gasteiger partial charge in [-0.15, -0.1) is 0 Å². The highest BCUT2D eigenvalue weighted by Crippen LogP contribution is 2.31. The van der Waals surface area contributed by atoms with Gasteiger partial charge in [-0.05, 0) is 44.0 Å². The lowest BCUT2D eigenvalue weighted by Gasteiger charge is -2.34. The molecule has 3 aromatic rings.